The second-order valence-electron chi connectivity index (χ2n) is 12.9. The van der Waals surface area contributed by atoms with Crippen molar-refractivity contribution in [1.29, 1.82) is 0 Å². The van der Waals surface area contributed by atoms with E-state index in [-0.39, 0.29) is 29.7 Å². The maximum atomic E-state index is 14.0. The number of aromatic amines is 1. The Hall–Kier alpha value is -4.76. The van der Waals surface area contributed by atoms with E-state index in [9.17, 15) is 27.6 Å². The number of ketones is 1. The third kappa shape index (κ3) is 12.1. The van der Waals surface area contributed by atoms with Crippen LogP contribution in [0, 0.1) is 0 Å². The predicted octanol–water partition coefficient (Wildman–Crippen LogP) is 7.13. The number of rotatable bonds is 21. The molecule has 0 aliphatic carbocycles. The SMILES string of the molecule is O=C(O)CCOCCOCCOCCOCCCc1cccc(C(=O)Nc2ccc(N3CCCCC3)cc2C(=O)c2cc3cc(C(F)(F)F)ccc3[nH]2)c1. The third-order valence-corrected chi connectivity index (χ3v) is 8.93. The van der Waals surface area contributed by atoms with Gasteiger partial charge >= 0.3 is 12.1 Å². The lowest BCUT2D eigenvalue weighted by Gasteiger charge is -2.29. The molecule has 0 radical (unpaired) electrons. The number of aryl methyl sites for hydroxylation is 1. The van der Waals surface area contributed by atoms with Crippen LogP contribution in [0.4, 0.5) is 24.5 Å². The number of nitrogens with zero attached hydrogens (tertiary/aromatic N) is 1. The van der Waals surface area contributed by atoms with Gasteiger partial charge in [-0.1, -0.05) is 12.1 Å². The number of aliphatic carboxylic acids is 1. The highest BCUT2D eigenvalue weighted by atomic mass is 19.4. The van der Waals surface area contributed by atoms with Crippen LogP contribution in [-0.4, -0.2) is 93.7 Å². The molecular weight excluding hydrogens is 707 g/mol. The predicted molar refractivity (Wildman–Crippen MR) is 197 cm³/mol. The molecule has 1 fully saturated rings. The summed E-state index contributed by atoms with van der Waals surface area (Å²) < 4.78 is 61.7. The van der Waals surface area contributed by atoms with Crippen molar-refractivity contribution in [1.82, 2.24) is 4.98 Å². The minimum Gasteiger partial charge on any atom is -0.481 e. The fraction of sp³-hybridized carbons (Fsp3) is 0.425. The smallest absolute Gasteiger partial charge is 0.416 e. The average Bonchev–Trinajstić information content (AvgIpc) is 3.60. The standard InChI is InChI=1S/C40H46F3N3O8/c41-40(42,43)31-9-11-34-30(25-31)26-36(44-34)38(49)33-27-32(46-14-2-1-3-15-46)10-12-35(33)45-39(50)29-8-4-6-28(24-29)7-5-16-51-18-20-53-22-23-54-21-19-52-17-13-37(47)48/h4,6,8-12,24-27,44H,1-3,5,7,13-23H2,(H,45,50)(H,47,48). The van der Waals surface area contributed by atoms with E-state index in [0.29, 0.717) is 69.4 Å². The van der Waals surface area contributed by atoms with Crippen molar-refractivity contribution < 1.29 is 51.6 Å². The molecule has 4 aromatic rings. The number of nitrogens with one attached hydrogen (secondary N) is 2. The van der Waals surface area contributed by atoms with Crippen molar-refractivity contribution in [2.75, 3.05) is 76.2 Å². The summed E-state index contributed by atoms with van der Waals surface area (Å²) >= 11 is 0. The van der Waals surface area contributed by atoms with E-state index in [4.69, 9.17) is 24.1 Å². The Morgan fingerprint density at radius 3 is 2.15 bits per heavy atom. The molecule has 3 N–H and O–H groups in total. The first-order valence-corrected chi connectivity index (χ1v) is 18.2. The zero-order valence-corrected chi connectivity index (χ0v) is 30.1. The van der Waals surface area contributed by atoms with Crippen molar-refractivity contribution >= 4 is 39.9 Å². The Labute approximate surface area is 311 Å². The highest BCUT2D eigenvalue weighted by molar-refractivity contribution is 6.16. The Bertz CT molecular complexity index is 1860. The molecule has 1 amide bonds. The number of amides is 1. The summed E-state index contributed by atoms with van der Waals surface area (Å²) in [7, 11) is 0. The van der Waals surface area contributed by atoms with Crippen molar-refractivity contribution in [2.24, 2.45) is 0 Å². The summed E-state index contributed by atoms with van der Waals surface area (Å²) in [6.07, 6.45) is 0.0266. The van der Waals surface area contributed by atoms with Gasteiger partial charge in [-0.15, -0.1) is 0 Å². The van der Waals surface area contributed by atoms with Gasteiger partial charge in [0.05, 0.1) is 69.6 Å². The van der Waals surface area contributed by atoms with Gasteiger partial charge < -0.3 is 39.3 Å². The Balaban J connectivity index is 1.13. The molecule has 0 spiro atoms. The van der Waals surface area contributed by atoms with E-state index >= 15 is 0 Å². The van der Waals surface area contributed by atoms with Gasteiger partial charge in [-0.25, -0.2) is 0 Å². The van der Waals surface area contributed by atoms with E-state index in [1.807, 2.05) is 12.1 Å². The molecule has 3 aromatic carbocycles. The molecule has 54 heavy (non-hydrogen) atoms. The number of carbonyl (C=O) groups excluding carboxylic acids is 2. The first-order valence-electron chi connectivity index (χ1n) is 18.2. The average molecular weight is 754 g/mol. The molecule has 1 aliphatic heterocycles. The molecule has 0 saturated carbocycles. The zero-order valence-electron chi connectivity index (χ0n) is 30.1. The number of fused-ring (bicyclic) bond motifs is 1. The number of hydrogen-bond donors (Lipinski definition) is 3. The number of ether oxygens (including phenoxy) is 4. The lowest BCUT2D eigenvalue weighted by molar-refractivity contribution is -0.138. The summed E-state index contributed by atoms with van der Waals surface area (Å²) in [6.45, 7) is 4.66. The number of anilines is 2. The number of carbonyl (C=O) groups is 3. The van der Waals surface area contributed by atoms with Gasteiger partial charge in [0.15, 0.2) is 0 Å². The van der Waals surface area contributed by atoms with Gasteiger partial charge in [0, 0.05) is 47.4 Å². The van der Waals surface area contributed by atoms with Gasteiger partial charge in [-0.3, -0.25) is 14.4 Å². The van der Waals surface area contributed by atoms with Crippen molar-refractivity contribution in [3.05, 3.63) is 94.7 Å². The van der Waals surface area contributed by atoms with E-state index < -0.39 is 29.4 Å². The third-order valence-electron chi connectivity index (χ3n) is 8.93. The molecule has 1 saturated heterocycles. The highest BCUT2D eigenvalue weighted by Crippen LogP contribution is 2.33. The van der Waals surface area contributed by atoms with E-state index in [1.165, 1.54) is 12.1 Å². The Morgan fingerprint density at radius 2 is 1.46 bits per heavy atom. The molecule has 2 heterocycles. The topological polar surface area (TPSA) is 139 Å². The monoisotopic (exact) mass is 753 g/mol. The second kappa shape index (κ2) is 20.1. The zero-order chi connectivity index (χ0) is 38.3. The Morgan fingerprint density at radius 1 is 0.778 bits per heavy atom. The van der Waals surface area contributed by atoms with Crippen LogP contribution >= 0.6 is 0 Å². The van der Waals surface area contributed by atoms with E-state index in [2.05, 4.69) is 15.2 Å². The molecule has 11 nitrogen and oxygen atoms in total. The minimum atomic E-state index is -4.51. The summed E-state index contributed by atoms with van der Waals surface area (Å²) in [6, 6.07) is 17.3. The number of carboxylic acids is 1. The number of carboxylic acid groups (broad SMARTS) is 1. The first-order chi connectivity index (χ1) is 26.1. The van der Waals surface area contributed by atoms with Crippen LogP contribution in [-0.2, 0) is 36.3 Å². The maximum Gasteiger partial charge on any atom is 0.416 e. The molecule has 5 rings (SSSR count). The number of hydrogen-bond acceptors (Lipinski definition) is 8. The van der Waals surface area contributed by atoms with Crippen LogP contribution < -0.4 is 10.2 Å². The molecule has 1 aromatic heterocycles. The molecule has 290 valence electrons. The van der Waals surface area contributed by atoms with Gasteiger partial charge in [0.1, 0.15) is 0 Å². The largest absolute Gasteiger partial charge is 0.481 e. The summed E-state index contributed by atoms with van der Waals surface area (Å²) in [4.78, 5) is 43.1. The first kappa shape index (κ1) is 40.4. The van der Waals surface area contributed by atoms with E-state index in [1.54, 1.807) is 30.3 Å². The van der Waals surface area contributed by atoms with Crippen LogP contribution in [0.25, 0.3) is 10.9 Å². The number of H-pyrrole nitrogens is 1. The Kier molecular flexibility index (Phi) is 15.0. The molecule has 0 bridgehead atoms. The lowest BCUT2D eigenvalue weighted by atomic mass is 10.0. The minimum absolute atomic E-state index is 0.0348. The second-order valence-corrected chi connectivity index (χ2v) is 12.9. The van der Waals surface area contributed by atoms with Crippen molar-refractivity contribution in [3.63, 3.8) is 0 Å². The molecule has 0 unspecified atom stereocenters. The van der Waals surface area contributed by atoms with Crippen molar-refractivity contribution in [3.8, 4) is 0 Å². The van der Waals surface area contributed by atoms with E-state index in [0.717, 1.165) is 62.2 Å². The fourth-order valence-electron chi connectivity index (χ4n) is 6.12. The molecule has 14 heteroatoms. The van der Waals surface area contributed by atoms with Gasteiger partial charge in [-0.05, 0) is 92.3 Å². The number of aromatic nitrogens is 1. The van der Waals surface area contributed by atoms with Gasteiger partial charge in [0.25, 0.3) is 5.91 Å². The van der Waals surface area contributed by atoms with Gasteiger partial charge in [0.2, 0.25) is 5.78 Å². The van der Waals surface area contributed by atoms with Crippen LogP contribution in [0.1, 0.15) is 69.6 Å². The summed E-state index contributed by atoms with van der Waals surface area (Å²) in [5, 5.41) is 11.7. The summed E-state index contributed by atoms with van der Waals surface area (Å²) in [5.74, 6) is -1.74. The van der Waals surface area contributed by atoms with Crippen LogP contribution in [0.2, 0.25) is 0 Å². The number of alkyl halides is 3. The van der Waals surface area contributed by atoms with Crippen molar-refractivity contribution in [2.45, 2.75) is 44.7 Å². The number of benzene rings is 3. The van der Waals surface area contributed by atoms with Gasteiger partial charge in [-0.2, -0.15) is 13.2 Å². The number of piperidine rings is 1. The molecule has 0 atom stereocenters. The molecular formula is C40H46F3N3O8. The maximum absolute atomic E-state index is 14.0. The lowest BCUT2D eigenvalue weighted by Crippen LogP contribution is -2.29. The van der Waals surface area contributed by atoms with Crippen LogP contribution in [0.3, 0.4) is 0 Å². The number of halogens is 3. The van der Waals surface area contributed by atoms with Crippen LogP contribution in [0.5, 0.6) is 0 Å². The molecule has 1 aliphatic rings. The van der Waals surface area contributed by atoms with Crippen LogP contribution in [0.15, 0.2) is 66.7 Å². The fourth-order valence-corrected chi connectivity index (χ4v) is 6.12. The highest BCUT2D eigenvalue weighted by Gasteiger charge is 2.31. The normalized spacial score (nSPS) is 13.4. The quantitative estimate of drug-likeness (QED) is 0.0599. The summed E-state index contributed by atoms with van der Waals surface area (Å²) in [5.41, 5.74) is 2.45.